The van der Waals surface area contributed by atoms with Crippen LogP contribution in [0.5, 0.6) is 0 Å². The van der Waals surface area contributed by atoms with Crippen molar-refractivity contribution in [2.45, 2.75) is 19.4 Å². The fourth-order valence-electron chi connectivity index (χ4n) is 4.36. The Kier molecular flexibility index (Phi) is 3.85. The van der Waals surface area contributed by atoms with Crippen LogP contribution < -0.4 is 0 Å². The number of benzene rings is 2. The molecule has 1 aromatic heterocycles. The highest BCUT2D eigenvalue weighted by molar-refractivity contribution is 6.04. The number of rotatable bonds is 3. The van der Waals surface area contributed by atoms with Crippen LogP contribution >= 0.6 is 0 Å². The minimum atomic E-state index is -0.221. The topological polar surface area (TPSA) is 25.2 Å². The number of hydrogen-bond acceptors (Lipinski definition) is 2. The Bertz CT molecular complexity index is 1040. The molecule has 3 saturated heterocycles. The van der Waals surface area contributed by atoms with E-state index in [4.69, 9.17) is 0 Å². The molecule has 4 heterocycles. The maximum absolute atomic E-state index is 13.2. The van der Waals surface area contributed by atoms with E-state index in [1.807, 2.05) is 24.3 Å². The Hall–Kier alpha value is -2.88. The molecule has 27 heavy (non-hydrogen) atoms. The molecule has 0 radical (unpaired) electrons. The van der Waals surface area contributed by atoms with Gasteiger partial charge in [-0.05, 0) is 42.7 Å². The molecular formula is C23H21FN2O. The molecule has 0 atom stereocenters. The van der Waals surface area contributed by atoms with Crippen LogP contribution in [0.3, 0.4) is 0 Å². The van der Waals surface area contributed by atoms with Gasteiger partial charge in [0.15, 0.2) is 5.78 Å². The van der Waals surface area contributed by atoms with E-state index in [1.165, 1.54) is 12.1 Å². The van der Waals surface area contributed by atoms with Crippen LogP contribution in [0.15, 0.2) is 60.4 Å². The van der Waals surface area contributed by atoms with E-state index in [-0.39, 0.29) is 11.7 Å². The lowest BCUT2D eigenvalue weighted by Gasteiger charge is -2.41. The lowest BCUT2D eigenvalue weighted by molar-refractivity contribution is -0.125. The molecule has 0 amide bonds. The SMILES string of the molecule is O=C1/C(=C/c2cn(Cc3ccc(F)cc3)c3ccccc23)N2CCC1CC2. The summed E-state index contributed by atoms with van der Waals surface area (Å²) < 4.78 is 15.4. The average molecular weight is 360 g/mol. The van der Waals surface area contributed by atoms with Crippen molar-refractivity contribution < 1.29 is 9.18 Å². The zero-order valence-corrected chi connectivity index (χ0v) is 15.1. The Morgan fingerprint density at radius 1 is 1.04 bits per heavy atom. The average Bonchev–Trinajstić information content (AvgIpc) is 3.04. The number of Topliss-reactive ketones (excluding diaryl/α,β-unsaturated/α-hetero) is 1. The van der Waals surface area contributed by atoms with E-state index >= 15 is 0 Å². The van der Waals surface area contributed by atoms with Crippen LogP contribution in [0.1, 0.15) is 24.0 Å². The van der Waals surface area contributed by atoms with E-state index in [0.29, 0.717) is 12.3 Å². The number of carbonyl (C=O) groups is 1. The van der Waals surface area contributed by atoms with Crippen LogP contribution in [0, 0.1) is 11.7 Å². The number of aromatic nitrogens is 1. The summed E-state index contributed by atoms with van der Waals surface area (Å²) in [5, 5.41) is 1.14. The third-order valence-electron chi connectivity index (χ3n) is 5.84. The zero-order valence-electron chi connectivity index (χ0n) is 15.1. The molecule has 3 aliphatic heterocycles. The molecule has 0 spiro atoms. The largest absolute Gasteiger partial charge is 0.369 e. The van der Waals surface area contributed by atoms with Gasteiger partial charge in [0.1, 0.15) is 5.82 Å². The maximum Gasteiger partial charge on any atom is 0.182 e. The first kappa shape index (κ1) is 16.3. The third-order valence-corrected chi connectivity index (χ3v) is 5.84. The second kappa shape index (κ2) is 6.38. The quantitative estimate of drug-likeness (QED) is 0.644. The summed E-state index contributed by atoms with van der Waals surface area (Å²) in [5.74, 6) is 0.276. The Morgan fingerprint density at radius 2 is 1.78 bits per heavy atom. The lowest BCUT2D eigenvalue weighted by atomic mass is 9.84. The molecule has 0 saturated carbocycles. The van der Waals surface area contributed by atoms with Crippen molar-refractivity contribution in [2.24, 2.45) is 5.92 Å². The molecule has 0 aliphatic carbocycles. The molecule has 2 aromatic carbocycles. The molecule has 136 valence electrons. The smallest absolute Gasteiger partial charge is 0.182 e. The van der Waals surface area contributed by atoms with Gasteiger partial charge < -0.3 is 9.47 Å². The summed E-state index contributed by atoms with van der Waals surface area (Å²) in [6.07, 6.45) is 6.15. The third kappa shape index (κ3) is 2.85. The summed E-state index contributed by atoms with van der Waals surface area (Å²) >= 11 is 0. The Balaban J connectivity index is 1.56. The van der Waals surface area contributed by atoms with Gasteiger partial charge in [0.25, 0.3) is 0 Å². The van der Waals surface area contributed by atoms with Crippen LogP contribution in [0.2, 0.25) is 0 Å². The summed E-state index contributed by atoms with van der Waals surface area (Å²) in [6, 6.07) is 14.9. The molecule has 0 N–H and O–H groups in total. The van der Waals surface area contributed by atoms with E-state index in [9.17, 15) is 9.18 Å². The maximum atomic E-state index is 13.2. The van der Waals surface area contributed by atoms with Gasteiger partial charge in [-0.15, -0.1) is 0 Å². The van der Waals surface area contributed by atoms with Crippen molar-refractivity contribution in [2.75, 3.05) is 13.1 Å². The second-order valence-electron chi connectivity index (χ2n) is 7.51. The first-order valence-corrected chi connectivity index (χ1v) is 9.52. The fourth-order valence-corrected chi connectivity index (χ4v) is 4.36. The first-order valence-electron chi connectivity index (χ1n) is 9.52. The number of allylic oxidation sites excluding steroid dienone is 1. The normalized spacial score (nSPS) is 18.8. The molecule has 3 aromatic rings. The molecule has 2 bridgehead atoms. The van der Waals surface area contributed by atoms with Crippen molar-refractivity contribution in [3.8, 4) is 0 Å². The highest BCUT2D eigenvalue weighted by Crippen LogP contribution is 2.34. The molecule has 0 unspecified atom stereocenters. The van der Waals surface area contributed by atoms with Gasteiger partial charge in [0.2, 0.25) is 0 Å². The molecular weight excluding hydrogens is 339 g/mol. The van der Waals surface area contributed by atoms with Gasteiger partial charge in [-0.3, -0.25) is 4.79 Å². The standard InChI is InChI=1S/C23H21FN2O/c24-19-7-5-16(6-8-19)14-26-15-18(20-3-1-2-4-21(20)26)13-22-23(27)17-9-11-25(22)12-10-17/h1-8,13,15,17H,9-12,14H2/b22-13-. The predicted octanol–water partition coefficient (Wildman–Crippen LogP) is 4.46. The number of hydrogen-bond donors (Lipinski definition) is 0. The van der Waals surface area contributed by atoms with E-state index in [2.05, 4.69) is 33.9 Å². The van der Waals surface area contributed by atoms with Crippen molar-refractivity contribution in [3.05, 3.63) is 77.4 Å². The van der Waals surface area contributed by atoms with Crippen LogP contribution in [-0.4, -0.2) is 28.3 Å². The number of piperidine rings is 3. The van der Waals surface area contributed by atoms with E-state index < -0.39 is 0 Å². The molecule has 4 heteroatoms. The second-order valence-corrected chi connectivity index (χ2v) is 7.51. The minimum absolute atomic E-state index is 0.203. The number of ketones is 1. The number of fused-ring (bicyclic) bond motifs is 4. The van der Waals surface area contributed by atoms with Gasteiger partial charge in [-0.2, -0.15) is 0 Å². The first-order chi connectivity index (χ1) is 13.2. The number of nitrogens with zero attached hydrogens (tertiary/aromatic N) is 2. The van der Waals surface area contributed by atoms with Crippen molar-refractivity contribution in [1.82, 2.24) is 9.47 Å². The van der Waals surface area contributed by atoms with E-state index in [0.717, 1.165) is 53.7 Å². The van der Waals surface area contributed by atoms with Gasteiger partial charge in [-0.25, -0.2) is 4.39 Å². The van der Waals surface area contributed by atoms with Crippen molar-refractivity contribution in [3.63, 3.8) is 0 Å². The van der Waals surface area contributed by atoms with Gasteiger partial charge in [0.05, 0.1) is 5.70 Å². The van der Waals surface area contributed by atoms with Crippen LogP contribution in [-0.2, 0) is 11.3 Å². The van der Waals surface area contributed by atoms with E-state index in [1.54, 1.807) is 0 Å². The summed E-state index contributed by atoms with van der Waals surface area (Å²) in [5.41, 5.74) is 4.11. The Labute approximate surface area is 157 Å². The summed E-state index contributed by atoms with van der Waals surface area (Å²) in [6.45, 7) is 2.64. The van der Waals surface area contributed by atoms with Crippen molar-refractivity contribution >= 4 is 22.8 Å². The van der Waals surface area contributed by atoms with Crippen molar-refractivity contribution in [1.29, 1.82) is 0 Å². The zero-order chi connectivity index (χ0) is 18.4. The molecule has 3 nitrogen and oxygen atoms in total. The monoisotopic (exact) mass is 360 g/mol. The number of carbonyl (C=O) groups excluding carboxylic acids is 1. The summed E-state index contributed by atoms with van der Waals surface area (Å²) in [4.78, 5) is 14.9. The van der Waals surface area contributed by atoms with Gasteiger partial charge >= 0.3 is 0 Å². The van der Waals surface area contributed by atoms with Gasteiger partial charge in [0, 0.05) is 48.2 Å². The number of halogens is 1. The molecule has 6 rings (SSSR count). The fraction of sp³-hybridized carbons (Fsp3) is 0.261. The highest BCUT2D eigenvalue weighted by Gasteiger charge is 2.36. The molecule has 3 fully saturated rings. The highest BCUT2D eigenvalue weighted by atomic mass is 19.1. The van der Waals surface area contributed by atoms with Crippen LogP contribution in [0.25, 0.3) is 17.0 Å². The molecule has 3 aliphatic rings. The number of para-hydroxylation sites is 1. The minimum Gasteiger partial charge on any atom is -0.369 e. The summed E-state index contributed by atoms with van der Waals surface area (Å²) in [7, 11) is 0. The van der Waals surface area contributed by atoms with Crippen LogP contribution in [0.4, 0.5) is 4.39 Å². The lowest BCUT2D eigenvalue weighted by Crippen LogP contribution is -2.45. The predicted molar refractivity (Wildman–Crippen MR) is 105 cm³/mol. The Morgan fingerprint density at radius 3 is 2.52 bits per heavy atom. The van der Waals surface area contributed by atoms with Gasteiger partial charge in [-0.1, -0.05) is 30.3 Å².